The van der Waals surface area contributed by atoms with Gasteiger partial charge in [-0.3, -0.25) is 4.98 Å². The third-order valence-corrected chi connectivity index (χ3v) is 4.70. The predicted molar refractivity (Wildman–Crippen MR) is 97.0 cm³/mol. The predicted octanol–water partition coefficient (Wildman–Crippen LogP) is 4.56. The molecule has 0 unspecified atom stereocenters. The first-order valence-electron chi connectivity index (χ1n) is 8.47. The van der Waals surface area contributed by atoms with Crippen LogP contribution in [0, 0.1) is 18.7 Å². The lowest BCUT2D eigenvalue weighted by molar-refractivity contribution is 0.211. The van der Waals surface area contributed by atoms with Gasteiger partial charge >= 0.3 is 0 Å². The Hall–Kier alpha value is -2.69. The van der Waals surface area contributed by atoms with Crippen molar-refractivity contribution in [3.05, 3.63) is 54.1 Å². The van der Waals surface area contributed by atoms with E-state index in [1.54, 1.807) is 20.1 Å². The van der Waals surface area contributed by atoms with Crippen molar-refractivity contribution in [1.82, 2.24) is 9.55 Å². The molecule has 0 aliphatic heterocycles. The summed E-state index contributed by atoms with van der Waals surface area (Å²) in [4.78, 5) is 9.57. The highest BCUT2D eigenvalue weighted by Gasteiger charge is 2.28. The molecular formula is C20H20FN3O. The minimum atomic E-state index is -0.189. The Kier molecular flexibility index (Phi) is 3.99. The molecule has 4 nitrogen and oxygen atoms in total. The topological polar surface area (TPSA) is 39.4 Å². The third kappa shape index (κ3) is 3.14. The average Bonchev–Trinajstić information content (AvgIpc) is 3.39. The summed E-state index contributed by atoms with van der Waals surface area (Å²) in [7, 11) is 1.59. The number of pyridine rings is 1. The highest BCUT2D eigenvalue weighted by molar-refractivity contribution is 5.90. The fraction of sp³-hybridized carbons (Fsp3) is 0.300. The minimum Gasteiger partial charge on any atom is -0.399 e. The SMILES string of the molecule is CON=C(Cn1ccc2ncc(-c3ccc(F)c(C)c3)cc21)C1CC1. The van der Waals surface area contributed by atoms with Gasteiger partial charge in [0.1, 0.15) is 12.9 Å². The quantitative estimate of drug-likeness (QED) is 0.505. The van der Waals surface area contributed by atoms with Gasteiger partial charge in [-0.1, -0.05) is 11.2 Å². The van der Waals surface area contributed by atoms with Crippen molar-refractivity contribution >= 4 is 16.7 Å². The standard InChI is InChI=1S/C20H20FN3O/c1-13-9-15(5-6-17(13)21)16-10-20-18(22-11-16)7-8-24(20)12-19(23-25-2)14-3-4-14/h5-11,14H,3-4,12H2,1-2H3. The number of fused-ring (bicyclic) bond motifs is 1. The van der Waals surface area contributed by atoms with Crippen molar-refractivity contribution in [1.29, 1.82) is 0 Å². The van der Waals surface area contributed by atoms with E-state index in [2.05, 4.69) is 20.8 Å². The molecule has 5 heteroatoms. The molecule has 0 amide bonds. The Morgan fingerprint density at radius 2 is 2.12 bits per heavy atom. The Balaban J connectivity index is 1.72. The van der Waals surface area contributed by atoms with Crippen molar-refractivity contribution < 1.29 is 9.23 Å². The van der Waals surface area contributed by atoms with Gasteiger partial charge in [0.05, 0.1) is 23.3 Å². The van der Waals surface area contributed by atoms with Crippen molar-refractivity contribution in [2.24, 2.45) is 11.1 Å². The molecule has 1 saturated carbocycles. The van der Waals surface area contributed by atoms with Crippen LogP contribution in [0.5, 0.6) is 0 Å². The highest BCUT2D eigenvalue weighted by atomic mass is 19.1. The summed E-state index contributed by atoms with van der Waals surface area (Å²) in [6, 6.07) is 9.26. The minimum absolute atomic E-state index is 0.189. The van der Waals surface area contributed by atoms with E-state index in [0.717, 1.165) is 27.9 Å². The lowest BCUT2D eigenvalue weighted by atomic mass is 10.0. The molecule has 0 spiro atoms. The monoisotopic (exact) mass is 337 g/mol. The van der Waals surface area contributed by atoms with E-state index in [1.165, 1.54) is 18.9 Å². The number of halogens is 1. The summed E-state index contributed by atoms with van der Waals surface area (Å²) >= 11 is 0. The molecule has 0 atom stereocenters. The molecule has 4 rings (SSSR count). The molecule has 0 N–H and O–H groups in total. The van der Waals surface area contributed by atoms with Gasteiger partial charge in [0.2, 0.25) is 0 Å². The Bertz CT molecular complexity index is 957. The molecular weight excluding hydrogens is 317 g/mol. The molecule has 1 aliphatic rings. The summed E-state index contributed by atoms with van der Waals surface area (Å²) in [6.45, 7) is 2.48. The average molecular weight is 337 g/mol. The van der Waals surface area contributed by atoms with Crippen LogP contribution in [0.1, 0.15) is 18.4 Å². The lowest BCUT2D eigenvalue weighted by Gasteiger charge is -2.09. The van der Waals surface area contributed by atoms with Gasteiger partial charge in [0.25, 0.3) is 0 Å². The van der Waals surface area contributed by atoms with Gasteiger partial charge in [-0.15, -0.1) is 0 Å². The number of hydrogen-bond acceptors (Lipinski definition) is 3. The van der Waals surface area contributed by atoms with Crippen LogP contribution in [0.25, 0.3) is 22.2 Å². The summed E-state index contributed by atoms with van der Waals surface area (Å²) in [5.74, 6) is 0.347. The fourth-order valence-corrected chi connectivity index (χ4v) is 3.12. The number of hydrogen-bond donors (Lipinski definition) is 0. The summed E-state index contributed by atoms with van der Waals surface area (Å²) in [6.07, 6.45) is 6.23. The van der Waals surface area contributed by atoms with Crippen molar-refractivity contribution in [3.63, 3.8) is 0 Å². The smallest absolute Gasteiger partial charge is 0.126 e. The van der Waals surface area contributed by atoms with E-state index in [-0.39, 0.29) is 5.82 Å². The van der Waals surface area contributed by atoms with Crippen LogP contribution in [0.3, 0.4) is 0 Å². The molecule has 2 heterocycles. The molecule has 0 saturated heterocycles. The molecule has 3 aromatic rings. The first kappa shape index (κ1) is 15.8. The second-order valence-electron chi connectivity index (χ2n) is 6.58. The number of benzene rings is 1. The molecule has 1 aromatic carbocycles. The van der Waals surface area contributed by atoms with Crippen LogP contribution >= 0.6 is 0 Å². The largest absolute Gasteiger partial charge is 0.399 e. The number of aromatic nitrogens is 2. The van der Waals surface area contributed by atoms with Gasteiger partial charge in [0.15, 0.2) is 0 Å². The lowest BCUT2D eigenvalue weighted by Crippen LogP contribution is -2.12. The van der Waals surface area contributed by atoms with Crippen LogP contribution in [0.4, 0.5) is 4.39 Å². The molecule has 128 valence electrons. The van der Waals surface area contributed by atoms with Crippen molar-refractivity contribution in [3.8, 4) is 11.1 Å². The highest BCUT2D eigenvalue weighted by Crippen LogP contribution is 2.32. The first-order chi connectivity index (χ1) is 12.2. The van der Waals surface area contributed by atoms with Crippen molar-refractivity contribution in [2.75, 3.05) is 7.11 Å². The van der Waals surface area contributed by atoms with E-state index in [4.69, 9.17) is 4.84 Å². The second-order valence-corrected chi connectivity index (χ2v) is 6.58. The Morgan fingerprint density at radius 1 is 1.28 bits per heavy atom. The van der Waals surface area contributed by atoms with Gasteiger partial charge in [-0.05, 0) is 55.2 Å². The maximum atomic E-state index is 13.5. The Morgan fingerprint density at radius 3 is 2.84 bits per heavy atom. The molecule has 0 radical (unpaired) electrons. The summed E-state index contributed by atoms with van der Waals surface area (Å²) in [5, 5.41) is 4.20. The van der Waals surface area contributed by atoms with Crippen LogP contribution in [-0.4, -0.2) is 22.4 Å². The van der Waals surface area contributed by atoms with Gasteiger partial charge < -0.3 is 9.40 Å². The van der Waals surface area contributed by atoms with Crippen molar-refractivity contribution in [2.45, 2.75) is 26.3 Å². The van der Waals surface area contributed by atoms with Crippen LogP contribution in [0.15, 0.2) is 47.9 Å². The zero-order chi connectivity index (χ0) is 17.4. The normalized spacial score (nSPS) is 14.9. The van der Waals surface area contributed by atoms with E-state index in [0.29, 0.717) is 18.0 Å². The molecule has 1 fully saturated rings. The first-order valence-corrected chi connectivity index (χ1v) is 8.47. The van der Waals surface area contributed by atoms with E-state index in [1.807, 2.05) is 24.5 Å². The van der Waals surface area contributed by atoms with Gasteiger partial charge in [-0.25, -0.2) is 4.39 Å². The van der Waals surface area contributed by atoms with Crippen LogP contribution in [0.2, 0.25) is 0 Å². The zero-order valence-corrected chi connectivity index (χ0v) is 14.4. The van der Waals surface area contributed by atoms with E-state index >= 15 is 0 Å². The zero-order valence-electron chi connectivity index (χ0n) is 14.4. The third-order valence-electron chi connectivity index (χ3n) is 4.70. The fourth-order valence-electron chi connectivity index (χ4n) is 3.12. The second kappa shape index (κ2) is 6.31. The Labute approximate surface area is 145 Å². The molecule has 1 aliphatic carbocycles. The number of rotatable bonds is 5. The van der Waals surface area contributed by atoms with Gasteiger partial charge in [0, 0.05) is 23.9 Å². The molecule has 0 bridgehead atoms. The maximum Gasteiger partial charge on any atom is 0.126 e. The van der Waals surface area contributed by atoms with Crippen LogP contribution < -0.4 is 0 Å². The van der Waals surface area contributed by atoms with E-state index < -0.39 is 0 Å². The molecule has 2 aromatic heterocycles. The maximum absolute atomic E-state index is 13.5. The summed E-state index contributed by atoms with van der Waals surface area (Å²) in [5.41, 5.74) is 5.64. The van der Waals surface area contributed by atoms with Gasteiger partial charge in [-0.2, -0.15) is 0 Å². The number of aryl methyl sites for hydroxylation is 1. The molecule has 25 heavy (non-hydrogen) atoms. The van der Waals surface area contributed by atoms with Crippen LogP contribution in [-0.2, 0) is 11.4 Å². The number of nitrogens with zero attached hydrogens (tertiary/aromatic N) is 3. The van der Waals surface area contributed by atoms with E-state index in [9.17, 15) is 4.39 Å². The summed E-state index contributed by atoms with van der Waals surface area (Å²) < 4.78 is 15.7. The number of oxime groups is 1.